The zero-order valence-corrected chi connectivity index (χ0v) is 20.0. The van der Waals surface area contributed by atoms with Gasteiger partial charge < -0.3 is 9.16 Å². The lowest BCUT2D eigenvalue weighted by atomic mass is 9.84. The molecule has 1 aliphatic rings. The van der Waals surface area contributed by atoms with Crippen molar-refractivity contribution in [2.24, 2.45) is 0 Å². The number of hydrogen-bond acceptors (Lipinski definition) is 4. The molecule has 1 aliphatic heterocycles. The van der Waals surface area contributed by atoms with E-state index in [0.717, 1.165) is 16.8 Å². The minimum Gasteiger partial charge on any atom is -0.483 e. The molecule has 1 aromatic heterocycles. The first kappa shape index (κ1) is 22.1. The van der Waals surface area contributed by atoms with Crippen LogP contribution in [0.4, 0.5) is 0 Å². The van der Waals surface area contributed by atoms with Crippen LogP contribution in [0.2, 0.25) is 13.1 Å². The average molecular weight is 423 g/mol. The van der Waals surface area contributed by atoms with E-state index in [4.69, 9.17) is 9.16 Å². The first-order valence-corrected chi connectivity index (χ1v) is 13.0. The van der Waals surface area contributed by atoms with Gasteiger partial charge in [-0.15, -0.1) is 0 Å². The lowest BCUT2D eigenvalue weighted by molar-refractivity contribution is 0.157. The fourth-order valence-electron chi connectivity index (χ4n) is 3.67. The molecule has 0 spiro atoms. The van der Waals surface area contributed by atoms with Gasteiger partial charge in [-0.3, -0.25) is 9.36 Å². The normalized spacial score (nSPS) is 15.2. The molecule has 6 heteroatoms. The summed E-state index contributed by atoms with van der Waals surface area (Å²) < 4.78 is 13.7. The number of fused-ring (bicyclic) bond motifs is 1. The van der Waals surface area contributed by atoms with Crippen LogP contribution in [-0.2, 0) is 16.4 Å². The topological polar surface area (TPSA) is 64.2 Å². The Labute approximate surface area is 180 Å². The van der Waals surface area contributed by atoms with E-state index in [-0.39, 0.29) is 11.0 Å². The molecular formula is C24H30N2O3Si. The summed E-state index contributed by atoms with van der Waals surface area (Å²) in [6, 6.07) is 9.49. The lowest BCUT2D eigenvalue weighted by Gasteiger charge is -2.32. The van der Waals surface area contributed by atoms with Crippen molar-refractivity contribution >= 4 is 14.7 Å². The van der Waals surface area contributed by atoms with Crippen LogP contribution in [0.5, 0.6) is 5.75 Å². The number of rotatable bonds is 4. The van der Waals surface area contributed by atoms with Gasteiger partial charge >= 0.3 is 0 Å². The summed E-state index contributed by atoms with van der Waals surface area (Å²) in [5, 5.41) is 9.35. The summed E-state index contributed by atoms with van der Waals surface area (Å²) in [6.45, 7) is 14.7. The zero-order valence-electron chi connectivity index (χ0n) is 18.9. The van der Waals surface area contributed by atoms with Crippen LogP contribution in [0, 0.1) is 11.3 Å². The Balaban J connectivity index is 2.25. The first-order chi connectivity index (χ1) is 13.9. The summed E-state index contributed by atoms with van der Waals surface area (Å²) in [5.74, 6) is 0.663. The maximum atomic E-state index is 13.7. The highest BCUT2D eigenvalue weighted by molar-refractivity contribution is 6.48. The van der Waals surface area contributed by atoms with E-state index in [1.807, 2.05) is 32.2 Å². The molecule has 0 unspecified atom stereocenters. The molecule has 2 heterocycles. The second-order valence-electron chi connectivity index (χ2n) is 9.55. The molecule has 0 radical (unpaired) electrons. The van der Waals surface area contributed by atoms with E-state index in [9.17, 15) is 10.1 Å². The van der Waals surface area contributed by atoms with Crippen molar-refractivity contribution in [1.29, 1.82) is 5.26 Å². The smallest absolute Gasteiger partial charge is 0.260 e. The van der Waals surface area contributed by atoms with E-state index in [0.29, 0.717) is 23.5 Å². The molecule has 0 bridgehead atoms. The lowest BCUT2D eigenvalue weighted by Crippen LogP contribution is -2.34. The highest BCUT2D eigenvalue weighted by Crippen LogP contribution is 2.37. The van der Waals surface area contributed by atoms with Crippen molar-refractivity contribution in [3.8, 4) is 11.8 Å². The molecule has 0 saturated heterocycles. The molecule has 0 saturated carbocycles. The molecule has 5 nitrogen and oxygen atoms in total. The number of nitriles is 1. The SMILES string of the molecule is C[SiH](C)OCc1c(C(C)(C)C)ccn(C2=CC(C)(C)Oc3ccc(C#N)cc32)c1=O. The maximum Gasteiger partial charge on any atom is 0.260 e. The Morgan fingerprint density at radius 1 is 1.23 bits per heavy atom. The van der Waals surface area contributed by atoms with E-state index < -0.39 is 14.6 Å². The van der Waals surface area contributed by atoms with Crippen LogP contribution in [0.1, 0.15) is 56.9 Å². The highest BCUT2D eigenvalue weighted by Gasteiger charge is 2.29. The summed E-state index contributed by atoms with van der Waals surface area (Å²) in [7, 11) is -1.29. The fraction of sp³-hybridized carbons (Fsp3) is 0.417. The molecule has 0 amide bonds. The van der Waals surface area contributed by atoms with Crippen LogP contribution >= 0.6 is 0 Å². The fourth-order valence-corrected chi connectivity index (χ4v) is 4.17. The highest BCUT2D eigenvalue weighted by atomic mass is 28.3. The van der Waals surface area contributed by atoms with E-state index in [1.165, 1.54) is 0 Å². The van der Waals surface area contributed by atoms with Crippen LogP contribution in [0.25, 0.3) is 5.70 Å². The molecule has 158 valence electrons. The molecule has 3 rings (SSSR count). The Hall–Kier alpha value is -2.62. The Kier molecular flexibility index (Phi) is 5.81. The predicted molar refractivity (Wildman–Crippen MR) is 122 cm³/mol. The molecule has 1 aromatic carbocycles. The third kappa shape index (κ3) is 4.42. The third-order valence-electron chi connectivity index (χ3n) is 5.06. The van der Waals surface area contributed by atoms with Crippen LogP contribution in [0.3, 0.4) is 0 Å². The van der Waals surface area contributed by atoms with Gasteiger partial charge in [-0.25, -0.2) is 0 Å². The molecule has 2 aromatic rings. The van der Waals surface area contributed by atoms with E-state index >= 15 is 0 Å². The van der Waals surface area contributed by atoms with Crippen molar-refractivity contribution < 1.29 is 9.16 Å². The molecule has 0 atom stereocenters. The molecular weight excluding hydrogens is 392 g/mol. The Bertz CT molecular complexity index is 1100. The summed E-state index contributed by atoms with van der Waals surface area (Å²) in [4.78, 5) is 13.7. The monoisotopic (exact) mass is 422 g/mol. The number of benzene rings is 1. The summed E-state index contributed by atoms with van der Waals surface area (Å²) >= 11 is 0. The van der Waals surface area contributed by atoms with Gasteiger partial charge in [0.05, 0.1) is 23.9 Å². The Morgan fingerprint density at radius 2 is 1.93 bits per heavy atom. The largest absolute Gasteiger partial charge is 0.483 e. The molecule has 0 fully saturated rings. The molecule has 0 N–H and O–H groups in total. The van der Waals surface area contributed by atoms with Crippen molar-refractivity contribution in [1.82, 2.24) is 4.57 Å². The first-order valence-electron chi connectivity index (χ1n) is 10.3. The van der Waals surface area contributed by atoms with Gasteiger partial charge in [-0.1, -0.05) is 20.8 Å². The Morgan fingerprint density at radius 3 is 2.53 bits per heavy atom. The second-order valence-corrected chi connectivity index (χ2v) is 12.0. The van der Waals surface area contributed by atoms with Gasteiger partial charge in [0.25, 0.3) is 5.56 Å². The number of nitrogens with zero attached hydrogens (tertiary/aromatic N) is 2. The number of hydrogen-bond donors (Lipinski definition) is 0. The number of aromatic nitrogens is 1. The standard InChI is InChI=1S/C24H30N2O3Si/c1-23(2,3)19-10-11-26(22(27)18(19)15-28-30(6)7)20-13-24(4,5)29-21-9-8-16(14-25)12-17(20)21/h8-13,30H,15H2,1-7H3. The number of pyridine rings is 1. The van der Waals surface area contributed by atoms with Gasteiger partial charge in [0.1, 0.15) is 11.4 Å². The predicted octanol–water partition coefficient (Wildman–Crippen LogP) is 4.58. The van der Waals surface area contributed by atoms with Gasteiger partial charge in [-0.2, -0.15) is 5.26 Å². The number of ether oxygens (including phenoxy) is 1. The van der Waals surface area contributed by atoms with Crippen molar-refractivity contribution in [3.05, 3.63) is 69.1 Å². The minimum absolute atomic E-state index is 0.0886. The molecule has 30 heavy (non-hydrogen) atoms. The van der Waals surface area contributed by atoms with Crippen molar-refractivity contribution in [3.63, 3.8) is 0 Å². The van der Waals surface area contributed by atoms with Gasteiger partial charge in [0, 0.05) is 17.3 Å². The molecule has 0 aliphatic carbocycles. The van der Waals surface area contributed by atoms with Crippen LogP contribution in [0.15, 0.2) is 41.3 Å². The van der Waals surface area contributed by atoms with Gasteiger partial charge in [0.2, 0.25) is 0 Å². The van der Waals surface area contributed by atoms with E-state index in [1.54, 1.807) is 22.8 Å². The maximum absolute atomic E-state index is 13.7. The van der Waals surface area contributed by atoms with Crippen LogP contribution < -0.4 is 10.3 Å². The third-order valence-corrected chi connectivity index (χ3v) is 5.90. The zero-order chi connectivity index (χ0) is 22.3. The minimum atomic E-state index is -1.29. The van der Waals surface area contributed by atoms with E-state index in [2.05, 4.69) is 39.9 Å². The van der Waals surface area contributed by atoms with Crippen molar-refractivity contribution in [2.45, 2.75) is 65.3 Å². The summed E-state index contributed by atoms with van der Waals surface area (Å²) in [5.41, 5.74) is 2.83. The quantitative estimate of drug-likeness (QED) is 0.677. The van der Waals surface area contributed by atoms with Crippen LogP contribution in [-0.4, -0.2) is 19.2 Å². The van der Waals surface area contributed by atoms with Gasteiger partial charge in [-0.05, 0) is 68.3 Å². The average Bonchev–Trinajstić information content (AvgIpc) is 2.64. The second kappa shape index (κ2) is 7.90. The van der Waals surface area contributed by atoms with Crippen molar-refractivity contribution in [2.75, 3.05) is 0 Å². The van der Waals surface area contributed by atoms with Gasteiger partial charge in [0.15, 0.2) is 9.04 Å². The summed E-state index contributed by atoms with van der Waals surface area (Å²) in [6.07, 6.45) is 3.77.